The summed E-state index contributed by atoms with van der Waals surface area (Å²) in [6.45, 7) is 8.72. The normalized spacial score (nSPS) is 16.3. The van der Waals surface area contributed by atoms with Gasteiger partial charge in [0.15, 0.2) is 0 Å². The first-order valence-electron chi connectivity index (χ1n) is 7.55. The second-order valence-electron chi connectivity index (χ2n) is 5.50. The van der Waals surface area contributed by atoms with E-state index in [4.69, 9.17) is 0 Å². The maximum atomic E-state index is 3.87. The highest BCUT2D eigenvalue weighted by atomic mass is 79.9. The Morgan fingerprint density at radius 3 is 1.56 bits per heavy atom. The summed E-state index contributed by atoms with van der Waals surface area (Å²) in [5.41, 5.74) is 8.39. The summed E-state index contributed by atoms with van der Waals surface area (Å²) in [6.07, 6.45) is 7.93. The van der Waals surface area contributed by atoms with Crippen LogP contribution in [0.4, 0.5) is 0 Å². The van der Waals surface area contributed by atoms with Gasteiger partial charge in [0.2, 0.25) is 0 Å². The van der Waals surface area contributed by atoms with Crippen molar-refractivity contribution in [1.82, 2.24) is 0 Å². The average Bonchev–Trinajstić information content (AvgIpc) is 3.00. The van der Waals surface area contributed by atoms with Crippen molar-refractivity contribution >= 4 is 15.9 Å². The van der Waals surface area contributed by atoms with E-state index in [0.717, 1.165) is 0 Å². The number of hydrogen-bond donors (Lipinski definition) is 0. The Bertz CT molecular complexity index is 408. The molecule has 0 aliphatic heterocycles. The second-order valence-corrected chi connectivity index (χ2v) is 6.30. The van der Waals surface area contributed by atoms with Crippen molar-refractivity contribution in [2.24, 2.45) is 0 Å². The van der Waals surface area contributed by atoms with Gasteiger partial charge in [-0.05, 0) is 72.3 Å². The smallest absolute Gasteiger partial charge is 0.0245 e. The lowest BCUT2D eigenvalue weighted by Crippen LogP contribution is -2.04. The summed E-state index contributed by atoms with van der Waals surface area (Å²) in [7, 11) is 0. The van der Waals surface area contributed by atoms with Crippen molar-refractivity contribution in [3.63, 3.8) is 0 Å². The van der Waals surface area contributed by atoms with E-state index in [9.17, 15) is 0 Å². The molecule has 1 aromatic rings. The predicted octanol–water partition coefficient (Wildman–Crippen LogP) is 5.58. The number of halogens is 1. The van der Waals surface area contributed by atoms with Crippen LogP contribution in [0.15, 0.2) is 4.47 Å². The first-order chi connectivity index (χ1) is 8.70. The van der Waals surface area contributed by atoms with Gasteiger partial charge in [-0.3, -0.25) is 0 Å². The van der Waals surface area contributed by atoms with Crippen LogP contribution in [0.25, 0.3) is 0 Å². The highest BCUT2D eigenvalue weighted by molar-refractivity contribution is 9.10. The minimum atomic E-state index is 0.701. The highest BCUT2D eigenvalue weighted by Crippen LogP contribution is 2.43. The molecule has 0 nitrogen and oxygen atoms in total. The molecular formula is C17H25Br. The first-order valence-corrected chi connectivity index (χ1v) is 8.34. The van der Waals surface area contributed by atoms with Crippen LogP contribution >= 0.6 is 15.9 Å². The third kappa shape index (κ3) is 2.15. The molecule has 0 atom stereocenters. The Morgan fingerprint density at radius 1 is 0.778 bits per heavy atom. The predicted molar refractivity (Wildman–Crippen MR) is 83.6 cm³/mol. The summed E-state index contributed by atoms with van der Waals surface area (Å²) < 4.78 is 1.47. The Labute approximate surface area is 120 Å². The molecule has 0 N–H and O–H groups in total. The average molecular weight is 309 g/mol. The summed E-state index contributed by atoms with van der Waals surface area (Å²) in [4.78, 5) is 0. The maximum absolute atomic E-state index is 3.87. The first kappa shape index (κ1) is 14.1. The second kappa shape index (κ2) is 5.77. The van der Waals surface area contributed by atoms with Gasteiger partial charge in [0.1, 0.15) is 0 Å². The van der Waals surface area contributed by atoms with Gasteiger partial charge in [0.05, 0.1) is 0 Å². The van der Waals surface area contributed by atoms with Crippen LogP contribution in [0.1, 0.15) is 74.3 Å². The number of fused-ring (bicyclic) bond motifs is 2. The molecule has 2 aliphatic rings. The van der Waals surface area contributed by atoms with Gasteiger partial charge in [-0.2, -0.15) is 0 Å². The molecule has 1 heteroatoms. The van der Waals surface area contributed by atoms with Crippen molar-refractivity contribution < 1.29 is 0 Å². The van der Waals surface area contributed by atoms with Gasteiger partial charge in [0, 0.05) is 4.47 Å². The molecule has 0 aromatic heterocycles. The largest absolute Gasteiger partial charge is 0.0683 e. The zero-order valence-corrected chi connectivity index (χ0v) is 13.8. The van der Waals surface area contributed by atoms with Crippen LogP contribution in [-0.4, -0.2) is 0 Å². The van der Waals surface area contributed by atoms with E-state index < -0.39 is 0 Å². The van der Waals surface area contributed by atoms with Crippen molar-refractivity contribution in [2.45, 2.75) is 72.1 Å². The van der Waals surface area contributed by atoms with Crippen LogP contribution in [0.5, 0.6) is 0 Å². The molecule has 0 saturated heterocycles. The van der Waals surface area contributed by atoms with E-state index in [1.54, 1.807) is 27.8 Å². The van der Waals surface area contributed by atoms with Crippen molar-refractivity contribution in [2.75, 3.05) is 0 Å². The summed E-state index contributed by atoms with van der Waals surface area (Å²) in [6, 6.07) is 0. The number of hydrogen-bond acceptors (Lipinski definition) is 0. The van der Waals surface area contributed by atoms with Crippen LogP contribution in [0.3, 0.4) is 0 Å². The Morgan fingerprint density at radius 2 is 1.17 bits per heavy atom. The van der Waals surface area contributed by atoms with Gasteiger partial charge in [-0.1, -0.05) is 43.6 Å². The van der Waals surface area contributed by atoms with Gasteiger partial charge < -0.3 is 0 Å². The Hall–Kier alpha value is -0.300. The van der Waals surface area contributed by atoms with E-state index in [0.29, 0.717) is 5.92 Å². The summed E-state index contributed by atoms with van der Waals surface area (Å²) in [5.74, 6) is 0.701. The third-order valence-electron chi connectivity index (χ3n) is 4.19. The molecule has 1 aromatic carbocycles. The number of benzene rings is 1. The molecular weight excluding hydrogens is 284 g/mol. The minimum Gasteiger partial charge on any atom is -0.0683 e. The van der Waals surface area contributed by atoms with Crippen LogP contribution in [0.2, 0.25) is 0 Å². The van der Waals surface area contributed by atoms with E-state index in [1.165, 1.54) is 43.0 Å². The minimum absolute atomic E-state index is 0.701. The molecule has 0 unspecified atom stereocenters. The zero-order valence-electron chi connectivity index (χ0n) is 12.2. The van der Waals surface area contributed by atoms with Gasteiger partial charge in [0.25, 0.3) is 0 Å². The molecule has 0 bridgehead atoms. The lowest BCUT2D eigenvalue weighted by Gasteiger charge is -2.19. The van der Waals surface area contributed by atoms with Crippen LogP contribution < -0.4 is 0 Å². The monoisotopic (exact) mass is 308 g/mol. The van der Waals surface area contributed by atoms with E-state index >= 15 is 0 Å². The number of rotatable bonds is 1. The standard InChI is InChI=1S/C15H19Br.C2H6/c1-9(2)14-10-5-3-7-12(10)15(16)13-8-4-6-11(13)14;1-2/h9H,3-8H2,1-2H3;1-2H3. The lowest BCUT2D eigenvalue weighted by atomic mass is 9.87. The summed E-state index contributed by atoms with van der Waals surface area (Å²) >= 11 is 3.87. The van der Waals surface area contributed by atoms with E-state index in [1.807, 2.05) is 13.8 Å². The SMILES string of the molecule is CC.CC(C)c1c2c(c(Br)c3c1CCC3)CCC2. The molecule has 0 radical (unpaired) electrons. The molecule has 0 spiro atoms. The van der Waals surface area contributed by atoms with E-state index in [-0.39, 0.29) is 0 Å². The van der Waals surface area contributed by atoms with Gasteiger partial charge >= 0.3 is 0 Å². The molecule has 0 amide bonds. The third-order valence-corrected chi connectivity index (χ3v) is 5.15. The molecule has 2 aliphatic carbocycles. The molecule has 0 fully saturated rings. The van der Waals surface area contributed by atoms with E-state index in [2.05, 4.69) is 29.8 Å². The Kier molecular flexibility index (Phi) is 4.53. The zero-order chi connectivity index (χ0) is 13.3. The van der Waals surface area contributed by atoms with Crippen LogP contribution in [0, 0.1) is 0 Å². The molecule has 18 heavy (non-hydrogen) atoms. The van der Waals surface area contributed by atoms with Gasteiger partial charge in [-0.25, -0.2) is 0 Å². The Balaban J connectivity index is 0.000000574. The topological polar surface area (TPSA) is 0 Å². The highest BCUT2D eigenvalue weighted by Gasteiger charge is 2.28. The fourth-order valence-corrected chi connectivity index (χ4v) is 4.50. The quantitative estimate of drug-likeness (QED) is 0.635. The maximum Gasteiger partial charge on any atom is 0.0245 e. The van der Waals surface area contributed by atoms with Crippen LogP contribution in [-0.2, 0) is 25.7 Å². The molecule has 0 heterocycles. The fourth-order valence-electron chi connectivity index (χ4n) is 3.63. The van der Waals surface area contributed by atoms with Crippen molar-refractivity contribution in [3.05, 3.63) is 32.3 Å². The molecule has 100 valence electrons. The van der Waals surface area contributed by atoms with Gasteiger partial charge in [-0.15, -0.1) is 0 Å². The van der Waals surface area contributed by atoms with Crippen molar-refractivity contribution in [3.8, 4) is 0 Å². The molecule has 3 rings (SSSR count). The lowest BCUT2D eigenvalue weighted by molar-refractivity contribution is 0.816. The summed E-state index contributed by atoms with van der Waals surface area (Å²) in [5, 5.41) is 0. The molecule has 0 saturated carbocycles. The fraction of sp³-hybridized carbons (Fsp3) is 0.647. The van der Waals surface area contributed by atoms with Crippen molar-refractivity contribution in [1.29, 1.82) is 0 Å².